The molecule has 0 spiro atoms. The van der Waals surface area contributed by atoms with Crippen molar-refractivity contribution in [3.8, 4) is 0 Å². The predicted octanol–water partition coefficient (Wildman–Crippen LogP) is 3.20. The molecule has 17 heavy (non-hydrogen) atoms. The van der Waals surface area contributed by atoms with Crippen LogP contribution in [0.2, 0.25) is 10.0 Å². The van der Waals surface area contributed by atoms with Gasteiger partial charge in [0.2, 0.25) is 0 Å². The molecule has 0 aliphatic heterocycles. The summed E-state index contributed by atoms with van der Waals surface area (Å²) in [5, 5.41) is 9.39. The van der Waals surface area contributed by atoms with E-state index in [2.05, 4.69) is 0 Å². The maximum atomic E-state index is 11.4. The molecule has 0 aliphatic rings. The van der Waals surface area contributed by atoms with Crippen molar-refractivity contribution in [1.82, 2.24) is 0 Å². The van der Waals surface area contributed by atoms with Gasteiger partial charge in [0.15, 0.2) is 5.38 Å². The fourth-order valence-corrected chi connectivity index (χ4v) is 1.97. The molecule has 0 saturated carbocycles. The van der Waals surface area contributed by atoms with Crippen molar-refractivity contribution in [1.29, 1.82) is 0 Å². The van der Waals surface area contributed by atoms with E-state index in [9.17, 15) is 9.90 Å². The summed E-state index contributed by atoms with van der Waals surface area (Å²) < 4.78 is 4.71. The van der Waals surface area contributed by atoms with Gasteiger partial charge < -0.3 is 9.84 Å². The van der Waals surface area contributed by atoms with Gasteiger partial charge in [0.05, 0.1) is 6.61 Å². The Labute approximate surface area is 114 Å². The second kappa shape index (κ2) is 6.45. The van der Waals surface area contributed by atoms with E-state index in [1.165, 1.54) is 12.1 Å². The highest BCUT2D eigenvalue weighted by Crippen LogP contribution is 2.30. The third-order valence-corrected chi connectivity index (χ3v) is 3.05. The first-order chi connectivity index (χ1) is 7.97. The number of esters is 1. The number of benzene rings is 1. The Hall–Kier alpha value is -0.480. The topological polar surface area (TPSA) is 46.5 Å². The van der Waals surface area contributed by atoms with Crippen molar-refractivity contribution in [3.63, 3.8) is 0 Å². The smallest absolute Gasteiger partial charge is 0.327 e. The molecule has 0 aliphatic carbocycles. The van der Waals surface area contributed by atoms with Crippen LogP contribution in [0.4, 0.5) is 0 Å². The van der Waals surface area contributed by atoms with Crippen molar-refractivity contribution < 1.29 is 14.6 Å². The third-order valence-electron chi connectivity index (χ3n) is 2.07. The van der Waals surface area contributed by atoms with Crippen LogP contribution >= 0.6 is 34.8 Å². The Kier molecular flexibility index (Phi) is 5.53. The summed E-state index contributed by atoms with van der Waals surface area (Å²) in [4.78, 5) is 11.4. The van der Waals surface area contributed by atoms with Gasteiger partial charge in [-0.15, -0.1) is 11.6 Å². The molecule has 1 aromatic carbocycles. The third kappa shape index (κ3) is 3.75. The average Bonchev–Trinajstić information content (AvgIpc) is 2.27. The minimum absolute atomic E-state index is 0.198. The number of carbonyl (C=O) groups excluding carboxylic acids is 1. The van der Waals surface area contributed by atoms with Crippen molar-refractivity contribution in [2.75, 3.05) is 6.61 Å². The number of halogens is 3. The van der Waals surface area contributed by atoms with Gasteiger partial charge in [-0.1, -0.05) is 29.3 Å². The molecule has 0 amide bonds. The monoisotopic (exact) mass is 296 g/mol. The number of alkyl halides is 1. The van der Waals surface area contributed by atoms with E-state index in [0.29, 0.717) is 10.6 Å². The highest BCUT2D eigenvalue weighted by Gasteiger charge is 2.28. The molecule has 0 saturated heterocycles. The molecule has 3 nitrogen and oxygen atoms in total. The zero-order valence-electron chi connectivity index (χ0n) is 8.99. The normalized spacial score (nSPS) is 14.2. The zero-order valence-corrected chi connectivity index (χ0v) is 11.3. The molecule has 0 heterocycles. The fraction of sp³-hybridized carbons (Fsp3) is 0.364. The summed E-state index contributed by atoms with van der Waals surface area (Å²) in [5.74, 6) is -0.687. The lowest BCUT2D eigenvalue weighted by molar-refractivity contribution is -0.144. The molecular weight excluding hydrogens is 286 g/mol. The molecule has 0 bridgehead atoms. The number of rotatable bonds is 4. The Morgan fingerprint density at radius 1 is 1.47 bits per heavy atom. The maximum absolute atomic E-state index is 11.4. The minimum atomic E-state index is -1.24. The van der Waals surface area contributed by atoms with Crippen LogP contribution < -0.4 is 0 Å². The van der Waals surface area contributed by atoms with Gasteiger partial charge >= 0.3 is 5.97 Å². The highest BCUT2D eigenvalue weighted by molar-refractivity contribution is 6.35. The van der Waals surface area contributed by atoms with E-state index >= 15 is 0 Å². The van der Waals surface area contributed by atoms with Crippen LogP contribution in [0.25, 0.3) is 0 Å². The van der Waals surface area contributed by atoms with E-state index in [-0.39, 0.29) is 11.6 Å². The maximum Gasteiger partial charge on any atom is 0.327 e. The van der Waals surface area contributed by atoms with Gasteiger partial charge in [-0.3, -0.25) is 4.79 Å². The fourth-order valence-electron chi connectivity index (χ4n) is 1.25. The zero-order chi connectivity index (χ0) is 13.0. The van der Waals surface area contributed by atoms with Crippen LogP contribution in [0.3, 0.4) is 0 Å². The summed E-state index contributed by atoms with van der Waals surface area (Å²) >= 11 is 17.4. The lowest BCUT2D eigenvalue weighted by atomic mass is 10.1. The summed E-state index contributed by atoms with van der Waals surface area (Å²) in [7, 11) is 0. The lowest BCUT2D eigenvalue weighted by Gasteiger charge is -2.17. The number of carbonyl (C=O) groups is 1. The Bertz CT molecular complexity index is 409. The quantitative estimate of drug-likeness (QED) is 0.686. The largest absolute Gasteiger partial charge is 0.465 e. The SMILES string of the molecule is CCOC(=O)[C@@H](Cl)[C@H](O)c1ccc(Cl)cc1Cl. The van der Waals surface area contributed by atoms with Crippen molar-refractivity contribution in [2.24, 2.45) is 0 Å². The summed E-state index contributed by atoms with van der Waals surface area (Å²) in [6, 6.07) is 4.54. The van der Waals surface area contributed by atoms with Crippen molar-refractivity contribution in [2.45, 2.75) is 18.4 Å². The van der Waals surface area contributed by atoms with Crippen LogP contribution in [0.1, 0.15) is 18.6 Å². The van der Waals surface area contributed by atoms with E-state index < -0.39 is 17.5 Å². The first-order valence-electron chi connectivity index (χ1n) is 4.91. The van der Waals surface area contributed by atoms with E-state index in [1.807, 2.05) is 0 Å². The number of hydrogen-bond acceptors (Lipinski definition) is 3. The van der Waals surface area contributed by atoms with Crippen LogP contribution in [-0.2, 0) is 9.53 Å². The number of aliphatic hydroxyl groups is 1. The van der Waals surface area contributed by atoms with Gasteiger partial charge in [0.25, 0.3) is 0 Å². The number of hydrogen-bond donors (Lipinski definition) is 1. The van der Waals surface area contributed by atoms with Crippen LogP contribution in [0.5, 0.6) is 0 Å². The first kappa shape index (κ1) is 14.6. The molecule has 94 valence electrons. The second-order valence-electron chi connectivity index (χ2n) is 3.26. The van der Waals surface area contributed by atoms with Crippen LogP contribution in [-0.4, -0.2) is 23.1 Å². The summed E-state index contributed by atoms with van der Waals surface area (Å²) in [6.07, 6.45) is -1.24. The molecule has 0 aromatic heterocycles. The van der Waals surface area contributed by atoms with Gasteiger partial charge in [-0.2, -0.15) is 0 Å². The predicted molar refractivity (Wildman–Crippen MR) is 67.7 cm³/mol. The van der Waals surface area contributed by atoms with Gasteiger partial charge in [0, 0.05) is 15.6 Å². The molecule has 0 unspecified atom stereocenters. The van der Waals surface area contributed by atoms with Crippen LogP contribution in [0.15, 0.2) is 18.2 Å². The van der Waals surface area contributed by atoms with Gasteiger partial charge in [0.1, 0.15) is 6.10 Å². The Morgan fingerprint density at radius 2 is 2.12 bits per heavy atom. The van der Waals surface area contributed by atoms with E-state index in [1.54, 1.807) is 13.0 Å². The lowest BCUT2D eigenvalue weighted by Crippen LogP contribution is -2.25. The summed E-state index contributed by atoms with van der Waals surface area (Å²) in [5.41, 5.74) is 0.337. The number of ether oxygens (including phenoxy) is 1. The molecule has 0 fully saturated rings. The molecule has 0 radical (unpaired) electrons. The van der Waals surface area contributed by atoms with Gasteiger partial charge in [-0.25, -0.2) is 0 Å². The molecular formula is C11H11Cl3O3. The minimum Gasteiger partial charge on any atom is -0.465 e. The van der Waals surface area contributed by atoms with Gasteiger partial charge in [-0.05, 0) is 19.1 Å². The van der Waals surface area contributed by atoms with Crippen molar-refractivity contribution >= 4 is 40.8 Å². The van der Waals surface area contributed by atoms with E-state index in [0.717, 1.165) is 0 Å². The van der Waals surface area contributed by atoms with E-state index in [4.69, 9.17) is 39.5 Å². The van der Waals surface area contributed by atoms with Crippen molar-refractivity contribution in [3.05, 3.63) is 33.8 Å². The average molecular weight is 298 g/mol. The molecule has 6 heteroatoms. The second-order valence-corrected chi connectivity index (χ2v) is 4.58. The van der Waals surface area contributed by atoms with Crippen LogP contribution in [0, 0.1) is 0 Å². The first-order valence-corrected chi connectivity index (χ1v) is 6.10. The molecule has 1 N–H and O–H groups in total. The molecule has 1 rings (SSSR count). The Morgan fingerprint density at radius 3 is 2.65 bits per heavy atom. The molecule has 1 aromatic rings. The Balaban J connectivity index is 2.88. The highest BCUT2D eigenvalue weighted by atomic mass is 35.5. The standard InChI is InChI=1S/C11H11Cl3O3/c1-2-17-11(16)9(14)10(15)7-4-3-6(12)5-8(7)13/h3-5,9-10,15H,2H2,1H3/t9-,10+/m0/s1. The number of aliphatic hydroxyl groups excluding tert-OH is 1. The summed E-state index contributed by atoms with van der Waals surface area (Å²) in [6.45, 7) is 1.85. The molecule has 2 atom stereocenters.